The number of aryl methyl sites for hydroxylation is 2. The van der Waals surface area contributed by atoms with Crippen LogP contribution in [0.5, 0.6) is 0 Å². The van der Waals surface area contributed by atoms with Crippen molar-refractivity contribution in [1.82, 2.24) is 19.8 Å². The maximum Gasteiger partial charge on any atom is 0.409 e. The van der Waals surface area contributed by atoms with E-state index in [-0.39, 0.29) is 17.5 Å². The Balaban J connectivity index is 1.86. The fraction of sp³-hybridized carbons (Fsp3) is 0.636. The summed E-state index contributed by atoms with van der Waals surface area (Å²) in [7, 11) is -3.57. The molecule has 2 heterocycles. The van der Waals surface area contributed by atoms with Crippen molar-refractivity contribution < 1.29 is 17.9 Å². The molecule has 0 bridgehead atoms. The van der Waals surface area contributed by atoms with E-state index in [2.05, 4.69) is 14.9 Å². The van der Waals surface area contributed by atoms with Crippen LogP contribution in [-0.2, 0) is 14.8 Å². The van der Waals surface area contributed by atoms with Gasteiger partial charge in [-0.05, 0) is 20.3 Å². The summed E-state index contributed by atoms with van der Waals surface area (Å²) in [6.45, 7) is 5.00. The molecular formula is C11H18N4O4S. The van der Waals surface area contributed by atoms with Crippen molar-refractivity contribution in [1.29, 1.82) is 0 Å². The van der Waals surface area contributed by atoms with Crippen LogP contribution in [0.3, 0.4) is 0 Å². The number of hydrogen-bond donors (Lipinski definition) is 2. The molecule has 1 aliphatic heterocycles. The smallest absolute Gasteiger partial charge is 0.409 e. The number of sulfonamides is 1. The second kappa shape index (κ2) is 5.80. The number of aromatic nitrogens is 2. The molecule has 0 aliphatic carbocycles. The van der Waals surface area contributed by atoms with E-state index in [9.17, 15) is 13.2 Å². The monoisotopic (exact) mass is 302 g/mol. The number of carbonyl (C=O) groups excluding carboxylic acids is 1. The van der Waals surface area contributed by atoms with Crippen LogP contribution in [-0.4, -0.2) is 55.8 Å². The van der Waals surface area contributed by atoms with Gasteiger partial charge in [-0.25, -0.2) is 17.9 Å². The van der Waals surface area contributed by atoms with E-state index >= 15 is 0 Å². The first kappa shape index (κ1) is 14.8. The van der Waals surface area contributed by atoms with Crippen LogP contribution in [0.1, 0.15) is 17.8 Å². The van der Waals surface area contributed by atoms with Gasteiger partial charge < -0.3 is 9.64 Å². The van der Waals surface area contributed by atoms with Gasteiger partial charge in [0.1, 0.15) is 11.5 Å². The Morgan fingerprint density at radius 2 is 2.20 bits per heavy atom. The zero-order chi connectivity index (χ0) is 14.8. The van der Waals surface area contributed by atoms with E-state index in [1.165, 1.54) is 0 Å². The summed E-state index contributed by atoms with van der Waals surface area (Å²) in [5.41, 5.74) is 0.955. The molecule has 0 aromatic carbocycles. The molecular weight excluding hydrogens is 284 g/mol. The third-order valence-corrected chi connectivity index (χ3v) is 4.79. The maximum absolute atomic E-state index is 12.1. The Bertz CT molecular complexity index is 576. The molecule has 0 saturated carbocycles. The lowest BCUT2D eigenvalue weighted by Crippen LogP contribution is -2.30. The van der Waals surface area contributed by atoms with Gasteiger partial charge >= 0.3 is 6.09 Å². The lowest BCUT2D eigenvalue weighted by atomic mass is 10.4. The van der Waals surface area contributed by atoms with Crippen molar-refractivity contribution in [3.05, 3.63) is 11.4 Å². The zero-order valence-electron chi connectivity index (χ0n) is 11.5. The summed E-state index contributed by atoms with van der Waals surface area (Å²) in [6, 6.07) is 0. The highest BCUT2D eigenvalue weighted by atomic mass is 32.2. The van der Waals surface area contributed by atoms with Crippen LogP contribution in [0.15, 0.2) is 4.90 Å². The zero-order valence-corrected chi connectivity index (χ0v) is 12.3. The molecule has 0 atom stereocenters. The van der Waals surface area contributed by atoms with Crippen molar-refractivity contribution in [2.75, 3.05) is 26.2 Å². The first-order valence-corrected chi connectivity index (χ1v) is 7.83. The van der Waals surface area contributed by atoms with Crippen LogP contribution >= 0.6 is 0 Å². The second-order valence-corrected chi connectivity index (χ2v) is 6.32. The van der Waals surface area contributed by atoms with Crippen molar-refractivity contribution >= 4 is 16.1 Å². The lowest BCUT2D eigenvalue weighted by Gasteiger charge is -2.12. The van der Waals surface area contributed by atoms with Crippen molar-refractivity contribution in [2.45, 2.75) is 25.2 Å². The Hall–Kier alpha value is -1.61. The predicted octanol–water partition coefficient (Wildman–Crippen LogP) is 0.147. The van der Waals surface area contributed by atoms with Crippen molar-refractivity contribution in [2.24, 2.45) is 0 Å². The molecule has 8 nitrogen and oxygen atoms in total. The molecule has 1 saturated heterocycles. The number of rotatable bonds is 6. The normalized spacial score (nSPS) is 15.7. The van der Waals surface area contributed by atoms with Gasteiger partial charge in [-0.3, -0.25) is 5.10 Å². The molecule has 0 spiro atoms. The quantitative estimate of drug-likeness (QED) is 0.728. The predicted molar refractivity (Wildman–Crippen MR) is 70.8 cm³/mol. The lowest BCUT2D eigenvalue weighted by molar-refractivity contribution is 0.158. The standard InChI is InChI=1S/C11H18N4O4S/c1-8-10(9(2)14-13-8)20(17,18)12-4-3-5-15-6-7-19-11(15)16/h12H,3-7H2,1-2H3,(H,13,14). The first-order chi connectivity index (χ1) is 9.42. The molecule has 9 heteroatoms. The molecule has 1 fully saturated rings. The average molecular weight is 302 g/mol. The van der Waals surface area contributed by atoms with Crippen LogP contribution in [0.4, 0.5) is 4.79 Å². The summed E-state index contributed by atoms with van der Waals surface area (Å²) >= 11 is 0. The van der Waals surface area contributed by atoms with Crippen LogP contribution < -0.4 is 4.72 Å². The molecule has 2 rings (SSSR count). The second-order valence-electron chi connectivity index (χ2n) is 4.62. The maximum atomic E-state index is 12.1. The fourth-order valence-electron chi connectivity index (χ4n) is 2.11. The molecule has 20 heavy (non-hydrogen) atoms. The van der Waals surface area contributed by atoms with Gasteiger partial charge in [-0.2, -0.15) is 5.10 Å². The van der Waals surface area contributed by atoms with Gasteiger partial charge in [0, 0.05) is 13.1 Å². The minimum atomic E-state index is -3.57. The SMILES string of the molecule is Cc1n[nH]c(C)c1S(=O)(=O)NCCCN1CCOC1=O. The van der Waals surface area contributed by atoms with E-state index in [0.29, 0.717) is 37.5 Å². The summed E-state index contributed by atoms with van der Waals surface area (Å²) in [4.78, 5) is 12.9. The van der Waals surface area contributed by atoms with Gasteiger partial charge in [0.25, 0.3) is 0 Å². The summed E-state index contributed by atoms with van der Waals surface area (Å²) in [5, 5.41) is 6.52. The number of ether oxygens (including phenoxy) is 1. The number of nitrogens with zero attached hydrogens (tertiary/aromatic N) is 2. The van der Waals surface area contributed by atoms with Crippen LogP contribution in [0, 0.1) is 13.8 Å². The topological polar surface area (TPSA) is 104 Å². The third-order valence-electron chi connectivity index (χ3n) is 3.07. The highest BCUT2D eigenvalue weighted by molar-refractivity contribution is 7.89. The van der Waals surface area contributed by atoms with Crippen LogP contribution in [0.25, 0.3) is 0 Å². The largest absolute Gasteiger partial charge is 0.448 e. The first-order valence-electron chi connectivity index (χ1n) is 6.35. The van der Waals surface area contributed by atoms with E-state index in [1.807, 2.05) is 0 Å². The van der Waals surface area contributed by atoms with E-state index in [4.69, 9.17) is 4.74 Å². The van der Waals surface area contributed by atoms with E-state index < -0.39 is 10.0 Å². The summed E-state index contributed by atoms with van der Waals surface area (Å²) in [6.07, 6.45) is 0.193. The van der Waals surface area contributed by atoms with Gasteiger partial charge in [0.05, 0.1) is 17.9 Å². The molecule has 1 aromatic rings. The van der Waals surface area contributed by atoms with E-state index in [1.54, 1.807) is 18.7 Å². The molecule has 0 radical (unpaired) electrons. The Kier molecular flexibility index (Phi) is 4.29. The van der Waals surface area contributed by atoms with Gasteiger partial charge in [-0.15, -0.1) is 0 Å². The van der Waals surface area contributed by atoms with E-state index in [0.717, 1.165) is 0 Å². The number of H-pyrrole nitrogens is 1. The molecule has 112 valence electrons. The Morgan fingerprint density at radius 3 is 2.75 bits per heavy atom. The van der Waals surface area contributed by atoms with Gasteiger partial charge in [0.15, 0.2) is 0 Å². The highest BCUT2D eigenvalue weighted by Crippen LogP contribution is 2.16. The van der Waals surface area contributed by atoms with Crippen molar-refractivity contribution in [3.63, 3.8) is 0 Å². The van der Waals surface area contributed by atoms with Crippen LogP contribution in [0.2, 0.25) is 0 Å². The van der Waals surface area contributed by atoms with Crippen molar-refractivity contribution in [3.8, 4) is 0 Å². The Morgan fingerprint density at radius 1 is 1.45 bits per heavy atom. The minimum Gasteiger partial charge on any atom is -0.448 e. The average Bonchev–Trinajstić information content (AvgIpc) is 2.92. The molecule has 2 N–H and O–H groups in total. The number of hydrogen-bond acceptors (Lipinski definition) is 5. The van der Waals surface area contributed by atoms with Gasteiger partial charge in [0.2, 0.25) is 10.0 Å². The number of aromatic amines is 1. The fourth-order valence-corrected chi connectivity index (χ4v) is 3.55. The molecule has 1 aliphatic rings. The minimum absolute atomic E-state index is 0.193. The third kappa shape index (κ3) is 3.10. The summed E-state index contributed by atoms with van der Waals surface area (Å²) in [5.74, 6) is 0. The number of amides is 1. The number of cyclic esters (lactones) is 1. The summed E-state index contributed by atoms with van der Waals surface area (Å²) < 4.78 is 31.5. The highest BCUT2D eigenvalue weighted by Gasteiger charge is 2.23. The van der Waals surface area contributed by atoms with Gasteiger partial charge in [-0.1, -0.05) is 0 Å². The molecule has 1 aromatic heterocycles. The molecule has 0 unspecified atom stereocenters. The molecule has 1 amide bonds. The Labute approximate surface area is 117 Å². The number of nitrogens with one attached hydrogen (secondary N) is 2. The number of carbonyl (C=O) groups is 1.